The average molecular weight is 356 g/mol. The van der Waals surface area contributed by atoms with E-state index in [1.807, 2.05) is 42.5 Å². The van der Waals surface area contributed by atoms with Crippen molar-refractivity contribution in [2.45, 2.75) is 6.18 Å². The Balaban J connectivity index is 1.61. The van der Waals surface area contributed by atoms with Gasteiger partial charge in [-0.05, 0) is 29.3 Å². The number of halogens is 3. The number of benzene rings is 2. The van der Waals surface area contributed by atoms with Gasteiger partial charge in [0, 0.05) is 6.07 Å². The smallest absolute Gasteiger partial charge is 0.438 e. The largest absolute Gasteiger partial charge is 0.453 e. The second-order valence-corrected chi connectivity index (χ2v) is 5.46. The highest BCUT2D eigenvalue weighted by Gasteiger charge is 2.37. The number of alkyl halides is 3. The molecule has 0 spiro atoms. The zero-order valence-corrected chi connectivity index (χ0v) is 13.2. The second-order valence-electron chi connectivity index (χ2n) is 5.46. The standard InChI is InChI=1S/C18H11F3N4O/c19-18(20,21)17-23-22-15-10-11-16(24-25(15)17)26-14-8-6-13(7-9-14)12-4-2-1-3-5-12/h1-11H. The van der Waals surface area contributed by atoms with Crippen molar-refractivity contribution in [2.24, 2.45) is 0 Å². The van der Waals surface area contributed by atoms with Gasteiger partial charge in [0.2, 0.25) is 5.88 Å². The summed E-state index contributed by atoms with van der Waals surface area (Å²) in [5, 5.41) is 10.4. The molecule has 0 amide bonds. The summed E-state index contributed by atoms with van der Waals surface area (Å²) in [6.45, 7) is 0. The number of aromatic nitrogens is 4. The second kappa shape index (κ2) is 6.14. The average Bonchev–Trinajstić information content (AvgIpc) is 3.07. The summed E-state index contributed by atoms with van der Waals surface area (Å²) in [6.07, 6.45) is -4.65. The highest BCUT2D eigenvalue weighted by Crippen LogP contribution is 2.29. The Kier molecular flexibility index (Phi) is 3.80. The minimum Gasteiger partial charge on any atom is -0.438 e. The van der Waals surface area contributed by atoms with Crippen LogP contribution in [0.1, 0.15) is 5.82 Å². The molecule has 0 radical (unpaired) electrons. The molecular formula is C18H11F3N4O. The molecule has 0 saturated carbocycles. The molecule has 0 fully saturated rings. The summed E-state index contributed by atoms with van der Waals surface area (Å²) < 4.78 is 44.9. The minimum atomic E-state index is -4.65. The lowest BCUT2D eigenvalue weighted by atomic mass is 10.1. The number of hydrogen-bond donors (Lipinski definition) is 0. The first kappa shape index (κ1) is 16.1. The molecule has 5 nitrogen and oxygen atoms in total. The number of fused-ring (bicyclic) bond motifs is 1. The maximum absolute atomic E-state index is 12.9. The Hall–Kier alpha value is -3.42. The van der Waals surface area contributed by atoms with Crippen molar-refractivity contribution in [3.05, 3.63) is 72.6 Å². The Labute approximate surface area is 145 Å². The first-order valence-corrected chi connectivity index (χ1v) is 7.64. The molecule has 0 N–H and O–H groups in total. The third-order valence-electron chi connectivity index (χ3n) is 3.68. The van der Waals surface area contributed by atoms with Crippen molar-refractivity contribution in [1.82, 2.24) is 19.8 Å². The van der Waals surface area contributed by atoms with Gasteiger partial charge in [-0.25, -0.2) is 0 Å². The molecule has 130 valence electrons. The fourth-order valence-electron chi connectivity index (χ4n) is 2.47. The van der Waals surface area contributed by atoms with Crippen LogP contribution in [0.4, 0.5) is 13.2 Å². The third kappa shape index (κ3) is 3.08. The molecule has 0 aliphatic rings. The van der Waals surface area contributed by atoms with Crippen molar-refractivity contribution in [3.8, 4) is 22.8 Å². The van der Waals surface area contributed by atoms with Crippen molar-refractivity contribution in [3.63, 3.8) is 0 Å². The Morgan fingerprint density at radius 2 is 1.46 bits per heavy atom. The van der Waals surface area contributed by atoms with Crippen molar-refractivity contribution in [1.29, 1.82) is 0 Å². The van der Waals surface area contributed by atoms with E-state index in [9.17, 15) is 13.2 Å². The minimum absolute atomic E-state index is 0.00950. The fraction of sp³-hybridized carbons (Fsp3) is 0.0556. The van der Waals surface area contributed by atoms with Crippen LogP contribution in [0.15, 0.2) is 66.7 Å². The predicted octanol–water partition coefficient (Wildman–Crippen LogP) is 4.60. The number of nitrogens with zero attached hydrogens (tertiary/aromatic N) is 4. The summed E-state index contributed by atoms with van der Waals surface area (Å²) in [4.78, 5) is 0. The lowest BCUT2D eigenvalue weighted by molar-refractivity contribution is -0.146. The molecule has 0 bridgehead atoms. The lowest BCUT2D eigenvalue weighted by Crippen LogP contribution is -2.12. The zero-order valence-electron chi connectivity index (χ0n) is 13.2. The fourth-order valence-corrected chi connectivity index (χ4v) is 2.47. The zero-order chi connectivity index (χ0) is 18.1. The summed E-state index contributed by atoms with van der Waals surface area (Å²) >= 11 is 0. The van der Waals surface area contributed by atoms with Gasteiger partial charge < -0.3 is 4.74 Å². The van der Waals surface area contributed by atoms with Crippen molar-refractivity contribution >= 4 is 5.65 Å². The molecule has 8 heteroatoms. The van der Waals surface area contributed by atoms with Gasteiger partial charge in [-0.1, -0.05) is 42.5 Å². The normalized spacial score (nSPS) is 11.7. The molecule has 4 rings (SSSR count). The van der Waals surface area contributed by atoms with Crippen LogP contribution in [-0.4, -0.2) is 19.8 Å². The highest BCUT2D eigenvalue weighted by molar-refractivity contribution is 5.64. The molecule has 4 aromatic rings. The van der Waals surface area contributed by atoms with Crippen molar-refractivity contribution in [2.75, 3.05) is 0 Å². The summed E-state index contributed by atoms with van der Waals surface area (Å²) in [5.74, 6) is -0.731. The molecule has 0 aliphatic heterocycles. The molecular weight excluding hydrogens is 345 g/mol. The first-order valence-electron chi connectivity index (χ1n) is 7.64. The molecule has 0 unspecified atom stereocenters. The maximum atomic E-state index is 12.9. The highest BCUT2D eigenvalue weighted by atomic mass is 19.4. The van der Waals surface area contributed by atoms with Gasteiger partial charge in [0.15, 0.2) is 5.65 Å². The maximum Gasteiger partial charge on any atom is 0.453 e. The first-order chi connectivity index (χ1) is 12.5. The molecule has 2 aromatic heterocycles. The van der Waals surface area contributed by atoms with Crippen LogP contribution in [0.25, 0.3) is 16.8 Å². The van der Waals surface area contributed by atoms with Crippen LogP contribution in [0.2, 0.25) is 0 Å². The molecule has 0 atom stereocenters. The third-order valence-corrected chi connectivity index (χ3v) is 3.68. The van der Waals surface area contributed by atoms with Gasteiger partial charge >= 0.3 is 6.18 Å². The molecule has 0 aliphatic carbocycles. The van der Waals surface area contributed by atoms with Gasteiger partial charge in [-0.2, -0.15) is 17.7 Å². The summed E-state index contributed by atoms with van der Waals surface area (Å²) in [5.41, 5.74) is 2.04. The van der Waals surface area contributed by atoms with Crippen LogP contribution in [0, 0.1) is 0 Å². The summed E-state index contributed by atoms with van der Waals surface area (Å²) in [6, 6.07) is 19.8. The monoisotopic (exact) mass is 356 g/mol. The molecule has 2 aromatic carbocycles. The van der Waals surface area contributed by atoms with E-state index in [0.29, 0.717) is 10.3 Å². The van der Waals surface area contributed by atoms with E-state index in [0.717, 1.165) is 11.1 Å². The molecule has 2 heterocycles. The van der Waals surface area contributed by atoms with Gasteiger partial charge in [0.1, 0.15) is 5.75 Å². The Morgan fingerprint density at radius 1 is 0.769 bits per heavy atom. The van der Waals surface area contributed by atoms with Crippen LogP contribution < -0.4 is 4.74 Å². The Morgan fingerprint density at radius 3 is 2.15 bits per heavy atom. The van der Waals surface area contributed by atoms with Gasteiger partial charge in [-0.3, -0.25) is 0 Å². The summed E-state index contributed by atoms with van der Waals surface area (Å²) in [7, 11) is 0. The predicted molar refractivity (Wildman–Crippen MR) is 87.7 cm³/mol. The van der Waals surface area contributed by atoms with Gasteiger partial charge in [-0.15, -0.1) is 15.3 Å². The van der Waals surface area contributed by atoms with Crippen LogP contribution in [-0.2, 0) is 6.18 Å². The number of ether oxygens (including phenoxy) is 1. The van der Waals surface area contributed by atoms with Gasteiger partial charge in [0.25, 0.3) is 5.82 Å². The lowest BCUT2D eigenvalue weighted by Gasteiger charge is -2.07. The molecule has 26 heavy (non-hydrogen) atoms. The number of hydrogen-bond acceptors (Lipinski definition) is 4. The quantitative estimate of drug-likeness (QED) is 0.538. The van der Waals surface area contributed by atoms with E-state index in [1.165, 1.54) is 12.1 Å². The van der Waals surface area contributed by atoms with Gasteiger partial charge in [0.05, 0.1) is 0 Å². The SMILES string of the molecule is FC(F)(F)c1nnc2ccc(Oc3ccc(-c4ccccc4)cc3)nn12. The van der Waals surface area contributed by atoms with E-state index < -0.39 is 12.0 Å². The van der Waals surface area contributed by atoms with Crippen LogP contribution in [0.5, 0.6) is 11.6 Å². The number of rotatable bonds is 3. The van der Waals surface area contributed by atoms with E-state index >= 15 is 0 Å². The van der Waals surface area contributed by atoms with E-state index in [4.69, 9.17) is 4.74 Å². The topological polar surface area (TPSA) is 52.3 Å². The Bertz CT molecular complexity index is 1040. The van der Waals surface area contributed by atoms with Crippen LogP contribution in [0.3, 0.4) is 0 Å². The van der Waals surface area contributed by atoms with Crippen LogP contribution >= 0.6 is 0 Å². The van der Waals surface area contributed by atoms with E-state index in [2.05, 4.69) is 15.3 Å². The van der Waals surface area contributed by atoms with Crippen molar-refractivity contribution < 1.29 is 17.9 Å². The van der Waals surface area contributed by atoms with E-state index in [1.54, 1.807) is 12.1 Å². The molecule has 0 saturated heterocycles. The van der Waals surface area contributed by atoms with E-state index in [-0.39, 0.29) is 11.5 Å².